The van der Waals surface area contributed by atoms with E-state index in [0.29, 0.717) is 0 Å². The molecule has 242 valence electrons. The Morgan fingerprint density at radius 2 is 1.30 bits per heavy atom. The normalized spacial score (nSPS) is 13.9. The Morgan fingerprint density at radius 3 is 1.89 bits per heavy atom. The van der Waals surface area contributed by atoms with Crippen LogP contribution in [0.3, 0.4) is 0 Å². The summed E-state index contributed by atoms with van der Waals surface area (Å²) in [6, 6.07) is 22.9. The Balaban J connectivity index is 1.56. The van der Waals surface area contributed by atoms with E-state index in [-0.39, 0.29) is 0 Å². The lowest BCUT2D eigenvalue weighted by Crippen LogP contribution is -2.43. The SMILES string of the molecule is C\C=C/C(=C\C=N\CCCCCC)c1c2c([n+](-c3cc[n+](CCCCCC)cc3)c3c1CCc1ccccc1-3)-c1ccccc1CC2. The van der Waals surface area contributed by atoms with Crippen LogP contribution < -0.4 is 9.13 Å². The Bertz CT molecular complexity index is 1680. The van der Waals surface area contributed by atoms with E-state index in [9.17, 15) is 0 Å². The lowest BCUT2D eigenvalue weighted by Gasteiger charge is -2.28. The zero-order chi connectivity index (χ0) is 32.4. The Labute approximate surface area is 283 Å². The fraction of sp³-hybridized carbons (Fsp3) is 0.386. The van der Waals surface area contributed by atoms with E-state index in [1.54, 1.807) is 0 Å². The fourth-order valence-electron chi connectivity index (χ4n) is 7.63. The molecule has 3 heteroatoms. The molecule has 4 aromatic rings. The van der Waals surface area contributed by atoms with Crippen LogP contribution in [0.25, 0.3) is 33.8 Å². The van der Waals surface area contributed by atoms with Crippen molar-refractivity contribution in [2.45, 2.75) is 104 Å². The molecular weight excluding hydrogens is 571 g/mol. The number of nitrogens with zero attached hydrogens (tertiary/aromatic N) is 3. The minimum atomic E-state index is 0.901. The van der Waals surface area contributed by atoms with Crippen molar-refractivity contribution in [1.82, 2.24) is 0 Å². The lowest BCUT2D eigenvalue weighted by atomic mass is 9.77. The summed E-state index contributed by atoms with van der Waals surface area (Å²) in [5.41, 5.74) is 15.2. The van der Waals surface area contributed by atoms with Crippen molar-refractivity contribution in [3.05, 3.63) is 119 Å². The highest BCUT2D eigenvalue weighted by molar-refractivity contribution is 5.93. The van der Waals surface area contributed by atoms with Gasteiger partial charge in [0.05, 0.1) is 23.3 Å². The maximum Gasteiger partial charge on any atom is 0.223 e. The van der Waals surface area contributed by atoms with Gasteiger partial charge in [0, 0.05) is 35.9 Å². The van der Waals surface area contributed by atoms with Gasteiger partial charge in [-0.05, 0) is 80.4 Å². The van der Waals surface area contributed by atoms with E-state index in [1.165, 1.54) is 107 Å². The first kappa shape index (κ1) is 32.8. The Kier molecular flexibility index (Phi) is 11.3. The average molecular weight is 624 g/mol. The molecule has 0 radical (unpaired) electrons. The van der Waals surface area contributed by atoms with Crippen LogP contribution in [0, 0.1) is 0 Å². The van der Waals surface area contributed by atoms with Crippen LogP contribution in [0.2, 0.25) is 0 Å². The summed E-state index contributed by atoms with van der Waals surface area (Å²) in [6.07, 6.45) is 27.7. The molecule has 2 aromatic carbocycles. The standard InChI is InChI=1S/C44H53N3/c1-4-7-9-15-29-45-30-26-36(17-6-3)42-40-24-22-34-18-11-13-20-38(34)43(40)47(37-27-32-46(33-28-37)31-16-10-8-5-2)44-39-21-14-12-19-35(39)23-25-41(42)44/h6,11-14,17-21,26-28,30,32-33H,4-5,7-10,15-16,22-25,29,31H2,1-3H3/q+2/b17-6-,36-26+,45-30+. The van der Waals surface area contributed by atoms with E-state index in [4.69, 9.17) is 4.99 Å². The van der Waals surface area contributed by atoms with Crippen molar-refractivity contribution < 1.29 is 9.13 Å². The summed E-state index contributed by atoms with van der Waals surface area (Å²) in [7, 11) is 0. The summed E-state index contributed by atoms with van der Waals surface area (Å²) in [6.45, 7) is 8.66. The van der Waals surface area contributed by atoms with E-state index in [1.807, 2.05) is 0 Å². The van der Waals surface area contributed by atoms with Gasteiger partial charge in [-0.1, -0.05) is 94.5 Å². The predicted molar refractivity (Wildman–Crippen MR) is 198 cm³/mol. The highest BCUT2D eigenvalue weighted by Crippen LogP contribution is 2.44. The quantitative estimate of drug-likeness (QED) is 0.0577. The molecule has 0 saturated carbocycles. The van der Waals surface area contributed by atoms with Gasteiger partial charge in [-0.15, -0.1) is 0 Å². The molecule has 0 spiro atoms. The van der Waals surface area contributed by atoms with Crippen molar-refractivity contribution in [3.63, 3.8) is 0 Å². The van der Waals surface area contributed by atoms with E-state index >= 15 is 0 Å². The average Bonchev–Trinajstić information content (AvgIpc) is 3.11. The first-order chi connectivity index (χ1) is 23.2. The zero-order valence-corrected chi connectivity index (χ0v) is 29.0. The third-order valence-corrected chi connectivity index (χ3v) is 9.99. The number of aryl methyl sites for hydroxylation is 3. The van der Waals surface area contributed by atoms with E-state index in [0.717, 1.165) is 45.2 Å². The van der Waals surface area contributed by atoms with Crippen LogP contribution in [0.5, 0.6) is 0 Å². The van der Waals surface area contributed by atoms with Crippen LogP contribution >= 0.6 is 0 Å². The number of benzene rings is 2. The molecule has 0 fully saturated rings. The first-order valence-electron chi connectivity index (χ1n) is 18.4. The van der Waals surface area contributed by atoms with Gasteiger partial charge in [0.15, 0.2) is 12.4 Å². The van der Waals surface area contributed by atoms with Crippen LogP contribution in [0.15, 0.2) is 96.3 Å². The molecule has 3 nitrogen and oxygen atoms in total. The lowest BCUT2D eigenvalue weighted by molar-refractivity contribution is -0.698. The minimum Gasteiger partial charge on any atom is -0.293 e. The summed E-state index contributed by atoms with van der Waals surface area (Å²) < 4.78 is 4.99. The predicted octanol–water partition coefficient (Wildman–Crippen LogP) is 9.97. The maximum atomic E-state index is 4.85. The van der Waals surface area contributed by atoms with Crippen LogP contribution in [0.1, 0.15) is 100.0 Å². The molecule has 0 amide bonds. The molecule has 47 heavy (non-hydrogen) atoms. The molecule has 2 aliphatic carbocycles. The molecule has 0 unspecified atom stereocenters. The largest absolute Gasteiger partial charge is 0.293 e. The number of allylic oxidation sites excluding steroid dienone is 4. The van der Waals surface area contributed by atoms with Crippen LogP contribution in [-0.2, 0) is 32.2 Å². The van der Waals surface area contributed by atoms with Gasteiger partial charge in [0.2, 0.25) is 17.1 Å². The third kappa shape index (κ3) is 7.25. The summed E-state index contributed by atoms with van der Waals surface area (Å²) in [4.78, 5) is 4.85. The monoisotopic (exact) mass is 623 g/mol. The number of unbranched alkanes of at least 4 members (excludes halogenated alkanes) is 6. The second-order valence-electron chi connectivity index (χ2n) is 13.3. The number of aliphatic imine (C=N–C) groups is 1. The molecule has 2 heterocycles. The first-order valence-corrected chi connectivity index (χ1v) is 18.4. The van der Waals surface area contributed by atoms with Gasteiger partial charge in [0.25, 0.3) is 0 Å². The second-order valence-corrected chi connectivity index (χ2v) is 13.3. The van der Waals surface area contributed by atoms with Gasteiger partial charge >= 0.3 is 0 Å². The molecule has 0 N–H and O–H groups in total. The second kappa shape index (κ2) is 16.1. The number of rotatable bonds is 14. The fourth-order valence-corrected chi connectivity index (χ4v) is 7.63. The van der Waals surface area contributed by atoms with E-state index < -0.39 is 0 Å². The maximum absolute atomic E-state index is 4.85. The van der Waals surface area contributed by atoms with Gasteiger partial charge in [-0.3, -0.25) is 4.99 Å². The minimum absolute atomic E-state index is 0.901. The number of fused-ring (bicyclic) bond motifs is 6. The van der Waals surface area contributed by atoms with Crippen molar-refractivity contribution in [2.24, 2.45) is 4.99 Å². The molecule has 0 saturated heterocycles. The summed E-state index contributed by atoms with van der Waals surface area (Å²) >= 11 is 0. The number of pyridine rings is 2. The zero-order valence-electron chi connectivity index (χ0n) is 29.0. The number of hydrogen-bond acceptors (Lipinski definition) is 1. The van der Waals surface area contributed by atoms with Crippen molar-refractivity contribution in [2.75, 3.05) is 6.54 Å². The van der Waals surface area contributed by atoms with Crippen molar-refractivity contribution in [3.8, 4) is 28.2 Å². The summed E-state index contributed by atoms with van der Waals surface area (Å²) in [5.74, 6) is 0. The number of hydrogen-bond donors (Lipinski definition) is 0. The van der Waals surface area contributed by atoms with Crippen molar-refractivity contribution >= 4 is 11.8 Å². The molecule has 0 aliphatic heterocycles. The molecule has 2 aliphatic rings. The van der Waals surface area contributed by atoms with Gasteiger partial charge < -0.3 is 0 Å². The van der Waals surface area contributed by atoms with Gasteiger partial charge in [-0.2, -0.15) is 4.57 Å². The number of aromatic nitrogens is 2. The highest BCUT2D eigenvalue weighted by Gasteiger charge is 2.39. The van der Waals surface area contributed by atoms with Crippen LogP contribution in [0.4, 0.5) is 0 Å². The molecule has 0 atom stereocenters. The highest BCUT2D eigenvalue weighted by atomic mass is 15.0. The smallest absolute Gasteiger partial charge is 0.223 e. The third-order valence-electron chi connectivity index (χ3n) is 9.99. The summed E-state index contributed by atoms with van der Waals surface area (Å²) in [5, 5.41) is 0. The van der Waals surface area contributed by atoms with E-state index in [2.05, 4.69) is 127 Å². The Hall–Kier alpha value is -4.11. The topological polar surface area (TPSA) is 20.1 Å². The molecular formula is C44H53N3+2. The van der Waals surface area contributed by atoms with Gasteiger partial charge in [0.1, 0.15) is 6.54 Å². The Morgan fingerprint density at radius 1 is 0.702 bits per heavy atom. The van der Waals surface area contributed by atoms with Crippen LogP contribution in [-0.4, -0.2) is 12.8 Å². The van der Waals surface area contributed by atoms with Gasteiger partial charge in [-0.25, -0.2) is 4.57 Å². The molecule has 6 rings (SSSR count). The molecule has 0 bridgehead atoms. The molecule has 2 aromatic heterocycles. The van der Waals surface area contributed by atoms with Crippen molar-refractivity contribution in [1.29, 1.82) is 0 Å².